The van der Waals surface area contributed by atoms with Gasteiger partial charge in [0.05, 0.1) is 6.10 Å². The predicted molar refractivity (Wildman–Crippen MR) is 111 cm³/mol. The average molecular weight is 392 g/mol. The van der Waals surface area contributed by atoms with Crippen LogP contribution in [0, 0.1) is 46.3 Å². The molecule has 4 aliphatic carbocycles. The molecule has 4 saturated carbocycles. The second-order valence-corrected chi connectivity index (χ2v) is 11.5. The van der Waals surface area contributed by atoms with Crippen molar-refractivity contribution in [3.05, 3.63) is 0 Å². The van der Waals surface area contributed by atoms with E-state index in [4.69, 9.17) is 10.8 Å². The third-order valence-corrected chi connectivity index (χ3v) is 10.3. The highest BCUT2D eigenvalue weighted by molar-refractivity contribution is 5.66. The van der Waals surface area contributed by atoms with Crippen LogP contribution in [-0.2, 0) is 4.79 Å². The van der Waals surface area contributed by atoms with Gasteiger partial charge in [0.15, 0.2) is 0 Å². The molecule has 4 fully saturated rings. The van der Waals surface area contributed by atoms with Crippen LogP contribution in [0.5, 0.6) is 0 Å². The molecule has 0 bridgehead atoms. The van der Waals surface area contributed by atoms with Gasteiger partial charge >= 0.3 is 5.97 Å². The number of fused-ring (bicyclic) bond motifs is 5. The molecular formula is C24H41NO3. The second kappa shape index (κ2) is 7.27. The van der Waals surface area contributed by atoms with E-state index >= 15 is 0 Å². The molecule has 0 spiro atoms. The number of rotatable bonds is 4. The summed E-state index contributed by atoms with van der Waals surface area (Å²) in [7, 11) is 0. The summed E-state index contributed by atoms with van der Waals surface area (Å²) in [6.07, 6.45) is 10.2. The minimum Gasteiger partial charge on any atom is -0.481 e. The van der Waals surface area contributed by atoms with E-state index in [0.29, 0.717) is 47.0 Å². The molecule has 0 saturated heterocycles. The first-order valence-electron chi connectivity index (χ1n) is 11.8. The molecule has 160 valence electrons. The smallest absolute Gasteiger partial charge is 0.303 e. The zero-order chi connectivity index (χ0) is 20.3. The fraction of sp³-hybridized carbons (Fsp3) is 0.958. The Morgan fingerprint density at radius 2 is 1.75 bits per heavy atom. The van der Waals surface area contributed by atoms with Crippen LogP contribution in [-0.4, -0.2) is 28.3 Å². The molecule has 4 aliphatic rings. The van der Waals surface area contributed by atoms with Crippen LogP contribution in [0.2, 0.25) is 0 Å². The highest BCUT2D eigenvalue weighted by Crippen LogP contribution is 2.68. The lowest BCUT2D eigenvalue weighted by Crippen LogP contribution is -2.59. The Morgan fingerprint density at radius 1 is 1.07 bits per heavy atom. The number of aliphatic hydroxyl groups excluding tert-OH is 1. The molecule has 0 aromatic heterocycles. The van der Waals surface area contributed by atoms with Crippen LogP contribution in [0.3, 0.4) is 0 Å². The van der Waals surface area contributed by atoms with Crippen molar-refractivity contribution >= 4 is 5.97 Å². The Labute approximate surface area is 170 Å². The van der Waals surface area contributed by atoms with Crippen LogP contribution >= 0.6 is 0 Å². The molecule has 0 aromatic rings. The summed E-state index contributed by atoms with van der Waals surface area (Å²) in [6.45, 7) is 7.25. The fourth-order valence-corrected chi connectivity index (χ4v) is 8.78. The molecule has 0 aliphatic heterocycles. The zero-order valence-corrected chi connectivity index (χ0v) is 18.1. The lowest BCUT2D eigenvalue weighted by Gasteiger charge is -2.62. The summed E-state index contributed by atoms with van der Waals surface area (Å²) in [4.78, 5) is 11.1. The summed E-state index contributed by atoms with van der Waals surface area (Å²) >= 11 is 0. The van der Waals surface area contributed by atoms with Crippen molar-refractivity contribution in [2.75, 3.05) is 0 Å². The molecular weight excluding hydrogens is 350 g/mol. The van der Waals surface area contributed by atoms with E-state index in [1.165, 1.54) is 32.1 Å². The van der Waals surface area contributed by atoms with Crippen molar-refractivity contribution in [1.82, 2.24) is 0 Å². The molecule has 28 heavy (non-hydrogen) atoms. The van der Waals surface area contributed by atoms with Crippen molar-refractivity contribution in [1.29, 1.82) is 0 Å². The largest absolute Gasteiger partial charge is 0.481 e. The highest BCUT2D eigenvalue weighted by Gasteiger charge is 2.62. The van der Waals surface area contributed by atoms with Crippen LogP contribution in [0.25, 0.3) is 0 Å². The molecule has 0 amide bonds. The average Bonchev–Trinajstić information content (AvgIpc) is 2.98. The van der Waals surface area contributed by atoms with Gasteiger partial charge in [-0.05, 0) is 104 Å². The zero-order valence-electron chi connectivity index (χ0n) is 18.1. The monoisotopic (exact) mass is 391 g/mol. The molecule has 8 unspecified atom stereocenters. The van der Waals surface area contributed by atoms with Gasteiger partial charge in [0.1, 0.15) is 0 Å². The minimum absolute atomic E-state index is 0.175. The molecule has 0 aromatic carbocycles. The Kier molecular flexibility index (Phi) is 5.36. The summed E-state index contributed by atoms with van der Waals surface area (Å²) in [6, 6.07) is 0.321. The topological polar surface area (TPSA) is 83.5 Å². The predicted octanol–water partition coefficient (Wildman–Crippen LogP) is 4.44. The minimum atomic E-state index is -0.674. The SMILES string of the molecule is C[C@H](CCC(=O)O)C1CCC2C3C(CCC21C)C1(C)CCC(N)CC1C[C@H]3O. The summed E-state index contributed by atoms with van der Waals surface area (Å²) in [5.74, 6) is 2.66. The van der Waals surface area contributed by atoms with E-state index < -0.39 is 5.97 Å². The molecule has 0 heterocycles. The summed E-state index contributed by atoms with van der Waals surface area (Å²) in [5, 5.41) is 20.4. The summed E-state index contributed by atoms with van der Waals surface area (Å²) in [5.41, 5.74) is 6.93. The number of hydrogen-bond acceptors (Lipinski definition) is 3. The number of aliphatic hydroxyl groups is 1. The van der Waals surface area contributed by atoms with Crippen LogP contribution in [0.4, 0.5) is 0 Å². The van der Waals surface area contributed by atoms with Crippen molar-refractivity contribution in [3.63, 3.8) is 0 Å². The lowest BCUT2D eigenvalue weighted by atomic mass is 9.43. The highest BCUT2D eigenvalue weighted by atomic mass is 16.4. The Hall–Kier alpha value is -0.610. The number of nitrogens with two attached hydrogens (primary N) is 1. The first-order chi connectivity index (χ1) is 13.2. The van der Waals surface area contributed by atoms with Gasteiger partial charge in [-0.1, -0.05) is 20.8 Å². The first kappa shape index (κ1) is 20.7. The third kappa shape index (κ3) is 3.14. The number of carbonyl (C=O) groups is 1. The Balaban J connectivity index is 1.55. The first-order valence-corrected chi connectivity index (χ1v) is 11.8. The molecule has 4 nitrogen and oxygen atoms in total. The number of aliphatic carboxylic acids is 1. The normalized spacial score (nSPS) is 51.7. The van der Waals surface area contributed by atoms with Gasteiger partial charge in [-0.15, -0.1) is 0 Å². The van der Waals surface area contributed by atoms with Crippen molar-refractivity contribution in [2.45, 2.75) is 97.1 Å². The third-order valence-electron chi connectivity index (χ3n) is 10.3. The fourth-order valence-electron chi connectivity index (χ4n) is 8.78. The van der Waals surface area contributed by atoms with Gasteiger partial charge in [-0.3, -0.25) is 4.79 Å². The maximum atomic E-state index is 11.3. The van der Waals surface area contributed by atoms with Crippen LogP contribution < -0.4 is 5.73 Å². The number of hydrogen-bond donors (Lipinski definition) is 3. The number of carboxylic acid groups (broad SMARTS) is 1. The number of carboxylic acids is 1. The maximum Gasteiger partial charge on any atom is 0.303 e. The molecule has 4 heteroatoms. The quantitative estimate of drug-likeness (QED) is 0.661. The van der Waals surface area contributed by atoms with E-state index in [-0.39, 0.29) is 17.9 Å². The Morgan fingerprint density at radius 3 is 2.46 bits per heavy atom. The van der Waals surface area contributed by atoms with E-state index in [9.17, 15) is 9.90 Å². The Bertz CT molecular complexity index is 609. The van der Waals surface area contributed by atoms with E-state index in [1.54, 1.807) is 0 Å². The summed E-state index contributed by atoms with van der Waals surface area (Å²) < 4.78 is 0. The van der Waals surface area contributed by atoms with Gasteiger partial charge in [0.25, 0.3) is 0 Å². The van der Waals surface area contributed by atoms with Crippen LogP contribution in [0.15, 0.2) is 0 Å². The standard InChI is InChI=1S/C24H41NO3/c1-14(4-7-21(27)28)17-5-6-18-22-19(9-11-24(17,18)3)23(2)10-8-16(25)12-15(23)13-20(22)26/h14-20,22,26H,4-13,25H2,1-3H3,(H,27,28)/t14-,15?,16?,17?,18?,19?,20-,22?,23?,24?/m1/s1. The van der Waals surface area contributed by atoms with Gasteiger partial charge in [-0.25, -0.2) is 0 Å². The van der Waals surface area contributed by atoms with Crippen molar-refractivity contribution in [3.8, 4) is 0 Å². The maximum absolute atomic E-state index is 11.3. The van der Waals surface area contributed by atoms with Crippen molar-refractivity contribution in [2.24, 2.45) is 52.1 Å². The second-order valence-electron chi connectivity index (χ2n) is 11.5. The van der Waals surface area contributed by atoms with Gasteiger partial charge in [-0.2, -0.15) is 0 Å². The van der Waals surface area contributed by atoms with Gasteiger partial charge in [0.2, 0.25) is 0 Å². The molecule has 4 N–H and O–H groups in total. The van der Waals surface area contributed by atoms with Crippen molar-refractivity contribution < 1.29 is 15.0 Å². The molecule has 0 radical (unpaired) electrons. The molecule has 10 atom stereocenters. The van der Waals surface area contributed by atoms with Gasteiger partial charge < -0.3 is 15.9 Å². The van der Waals surface area contributed by atoms with E-state index in [2.05, 4.69) is 20.8 Å². The molecule has 4 rings (SSSR count). The lowest BCUT2D eigenvalue weighted by molar-refractivity contribution is -0.166. The van der Waals surface area contributed by atoms with Crippen LogP contribution in [0.1, 0.15) is 85.0 Å². The van der Waals surface area contributed by atoms with Gasteiger partial charge in [0, 0.05) is 12.5 Å². The van der Waals surface area contributed by atoms with E-state index in [0.717, 1.165) is 25.7 Å². The van der Waals surface area contributed by atoms with E-state index in [1.807, 2.05) is 0 Å².